The van der Waals surface area contributed by atoms with Gasteiger partial charge in [-0.3, -0.25) is 0 Å². The highest BCUT2D eigenvalue weighted by Crippen LogP contribution is 1.92. The monoisotopic (exact) mass is 167 g/mol. The van der Waals surface area contributed by atoms with Gasteiger partial charge in [0.25, 0.3) is 0 Å². The van der Waals surface area contributed by atoms with Crippen LogP contribution in [0.3, 0.4) is 0 Å². The highest BCUT2D eigenvalue weighted by Gasteiger charge is 1.87. The minimum Gasteiger partial charge on any atom is -0.384 e. The molecule has 0 rings (SSSR count). The summed E-state index contributed by atoms with van der Waals surface area (Å²) < 4.78 is 0. The van der Waals surface area contributed by atoms with Crippen LogP contribution in [0.25, 0.3) is 0 Å². The van der Waals surface area contributed by atoms with Crippen molar-refractivity contribution in [1.29, 1.82) is 0 Å². The molecule has 0 spiro atoms. The third kappa shape index (κ3) is 5.65. The second-order valence-corrected chi connectivity index (χ2v) is 2.76. The molecule has 0 saturated carbocycles. The van der Waals surface area contributed by atoms with Crippen LogP contribution in [-0.2, 0) is 0 Å². The van der Waals surface area contributed by atoms with Gasteiger partial charge in [-0.05, 0) is 33.3 Å². The minimum absolute atomic E-state index is 0.542. The normalized spacial score (nSPS) is 13.0. The van der Waals surface area contributed by atoms with Crippen LogP contribution in [0.1, 0.15) is 34.1 Å². The molecule has 0 fully saturated rings. The minimum atomic E-state index is 0.542. The molecule has 0 saturated heterocycles. The van der Waals surface area contributed by atoms with Crippen molar-refractivity contribution in [2.24, 2.45) is 15.7 Å². The van der Waals surface area contributed by atoms with Crippen molar-refractivity contribution in [2.75, 3.05) is 0 Å². The summed E-state index contributed by atoms with van der Waals surface area (Å²) in [6.45, 7) is 7.72. The molecule has 0 aromatic rings. The van der Waals surface area contributed by atoms with E-state index >= 15 is 0 Å². The van der Waals surface area contributed by atoms with E-state index in [0.29, 0.717) is 11.7 Å². The molecule has 0 amide bonds. The molecular formula is C9H17N3. The summed E-state index contributed by atoms with van der Waals surface area (Å²) in [5, 5.41) is 0. The van der Waals surface area contributed by atoms with Gasteiger partial charge in [-0.25, -0.2) is 9.98 Å². The predicted octanol–water partition coefficient (Wildman–Crippen LogP) is 2.10. The number of hydrogen-bond acceptors (Lipinski definition) is 2. The molecule has 0 unspecified atom stereocenters. The first kappa shape index (κ1) is 10.9. The fraction of sp³-hybridized carbons (Fsp3) is 0.556. The van der Waals surface area contributed by atoms with Gasteiger partial charge >= 0.3 is 0 Å². The number of rotatable bonds is 2. The smallest absolute Gasteiger partial charge is 0.127 e. The lowest BCUT2D eigenvalue weighted by Crippen LogP contribution is -1.98. The quantitative estimate of drug-likeness (QED) is 0.497. The Bertz CT molecular complexity index is 220. The van der Waals surface area contributed by atoms with Gasteiger partial charge in [-0.15, -0.1) is 0 Å². The van der Waals surface area contributed by atoms with E-state index in [9.17, 15) is 0 Å². The van der Waals surface area contributed by atoms with Gasteiger partial charge < -0.3 is 5.73 Å². The number of amidine groups is 1. The largest absolute Gasteiger partial charge is 0.384 e. The summed E-state index contributed by atoms with van der Waals surface area (Å²) in [4.78, 5) is 8.22. The Balaban J connectivity index is 4.36. The van der Waals surface area contributed by atoms with Crippen molar-refractivity contribution in [2.45, 2.75) is 34.1 Å². The maximum absolute atomic E-state index is 5.57. The van der Waals surface area contributed by atoms with E-state index < -0.39 is 0 Å². The standard InChI is InChI=1S/C9H17N3/c1-5-6-9(10)12-8(4)11-7(2)3/h6H,5,10H2,1-4H3/b9-6+,12-8-. The zero-order chi connectivity index (χ0) is 9.56. The zero-order valence-corrected chi connectivity index (χ0v) is 8.26. The van der Waals surface area contributed by atoms with Crippen LogP contribution in [0.5, 0.6) is 0 Å². The summed E-state index contributed by atoms with van der Waals surface area (Å²) in [6.07, 6.45) is 2.77. The topological polar surface area (TPSA) is 50.7 Å². The number of nitrogens with zero attached hydrogens (tertiary/aromatic N) is 2. The number of nitrogens with two attached hydrogens (primary N) is 1. The Morgan fingerprint density at radius 3 is 2.25 bits per heavy atom. The van der Waals surface area contributed by atoms with Crippen molar-refractivity contribution < 1.29 is 0 Å². The van der Waals surface area contributed by atoms with Gasteiger partial charge in [0, 0.05) is 5.71 Å². The molecule has 68 valence electrons. The van der Waals surface area contributed by atoms with E-state index in [4.69, 9.17) is 5.73 Å². The van der Waals surface area contributed by atoms with Crippen molar-refractivity contribution in [1.82, 2.24) is 0 Å². The molecule has 0 aromatic carbocycles. The Kier molecular flexibility index (Phi) is 5.00. The van der Waals surface area contributed by atoms with E-state index in [-0.39, 0.29) is 0 Å². The molecule has 0 heterocycles. The van der Waals surface area contributed by atoms with Crippen LogP contribution in [0, 0.1) is 0 Å². The Morgan fingerprint density at radius 1 is 1.25 bits per heavy atom. The van der Waals surface area contributed by atoms with E-state index in [2.05, 4.69) is 9.98 Å². The molecule has 3 heteroatoms. The Morgan fingerprint density at radius 2 is 1.83 bits per heavy atom. The van der Waals surface area contributed by atoms with Crippen molar-refractivity contribution >= 4 is 11.5 Å². The summed E-state index contributed by atoms with van der Waals surface area (Å²) in [7, 11) is 0. The molecule has 0 atom stereocenters. The molecular weight excluding hydrogens is 150 g/mol. The van der Waals surface area contributed by atoms with E-state index in [1.165, 1.54) is 0 Å². The average molecular weight is 167 g/mol. The molecule has 0 aliphatic rings. The SMILES string of the molecule is CC/C=C(N)/N=C(/C)N=C(C)C. The second kappa shape index (κ2) is 5.52. The number of aliphatic imine (C=N–C) groups is 2. The molecule has 2 N–H and O–H groups in total. The molecule has 0 bridgehead atoms. The molecule has 3 nitrogen and oxygen atoms in total. The fourth-order valence-electron chi connectivity index (χ4n) is 0.790. The average Bonchev–Trinajstić information content (AvgIpc) is 1.84. The van der Waals surface area contributed by atoms with Crippen molar-refractivity contribution in [3.63, 3.8) is 0 Å². The molecule has 12 heavy (non-hydrogen) atoms. The lowest BCUT2D eigenvalue weighted by atomic mass is 10.4. The predicted molar refractivity (Wildman–Crippen MR) is 54.5 cm³/mol. The molecule has 0 aromatic heterocycles. The maximum atomic E-state index is 5.57. The van der Waals surface area contributed by atoms with E-state index in [1.54, 1.807) is 0 Å². The van der Waals surface area contributed by atoms with Gasteiger partial charge in [0.1, 0.15) is 11.7 Å². The van der Waals surface area contributed by atoms with E-state index in [1.807, 2.05) is 33.8 Å². The maximum Gasteiger partial charge on any atom is 0.127 e. The fourth-order valence-corrected chi connectivity index (χ4v) is 0.790. The molecule has 0 aliphatic carbocycles. The highest BCUT2D eigenvalue weighted by atomic mass is 15.0. The van der Waals surface area contributed by atoms with Gasteiger partial charge in [0.2, 0.25) is 0 Å². The van der Waals surface area contributed by atoms with Crippen LogP contribution < -0.4 is 5.73 Å². The first-order valence-corrected chi connectivity index (χ1v) is 4.09. The van der Waals surface area contributed by atoms with Crippen LogP contribution in [0.2, 0.25) is 0 Å². The van der Waals surface area contributed by atoms with Crippen LogP contribution in [-0.4, -0.2) is 11.5 Å². The zero-order valence-electron chi connectivity index (χ0n) is 8.26. The lowest BCUT2D eigenvalue weighted by Gasteiger charge is -1.94. The van der Waals surface area contributed by atoms with Crippen LogP contribution in [0.4, 0.5) is 0 Å². The summed E-state index contributed by atoms with van der Waals surface area (Å²) in [6, 6.07) is 0. The third-order valence-electron chi connectivity index (χ3n) is 1.09. The lowest BCUT2D eigenvalue weighted by molar-refractivity contribution is 1.13. The van der Waals surface area contributed by atoms with Crippen molar-refractivity contribution in [3.05, 3.63) is 11.9 Å². The van der Waals surface area contributed by atoms with E-state index in [0.717, 1.165) is 12.1 Å². The molecule has 0 aliphatic heterocycles. The van der Waals surface area contributed by atoms with Crippen molar-refractivity contribution in [3.8, 4) is 0 Å². The Labute approximate surface area is 74.1 Å². The highest BCUT2D eigenvalue weighted by molar-refractivity contribution is 5.94. The summed E-state index contributed by atoms with van der Waals surface area (Å²) in [5.74, 6) is 1.25. The second-order valence-electron chi connectivity index (χ2n) is 2.76. The number of hydrogen-bond donors (Lipinski definition) is 1. The van der Waals surface area contributed by atoms with Gasteiger partial charge in [-0.1, -0.05) is 6.92 Å². The van der Waals surface area contributed by atoms with Gasteiger partial charge in [-0.2, -0.15) is 0 Å². The number of allylic oxidation sites excluding steroid dienone is 1. The molecule has 0 radical (unpaired) electrons. The first-order valence-electron chi connectivity index (χ1n) is 4.09. The summed E-state index contributed by atoms with van der Waals surface area (Å²) in [5.41, 5.74) is 6.55. The van der Waals surface area contributed by atoms with Crippen LogP contribution >= 0.6 is 0 Å². The van der Waals surface area contributed by atoms with Crippen LogP contribution in [0.15, 0.2) is 21.9 Å². The van der Waals surface area contributed by atoms with Gasteiger partial charge in [0.05, 0.1) is 0 Å². The third-order valence-corrected chi connectivity index (χ3v) is 1.09. The Hall–Kier alpha value is -1.12. The summed E-state index contributed by atoms with van der Waals surface area (Å²) >= 11 is 0. The van der Waals surface area contributed by atoms with Gasteiger partial charge in [0.15, 0.2) is 0 Å². The first-order chi connectivity index (χ1) is 5.56.